The Morgan fingerprint density at radius 3 is 2.27 bits per heavy atom. The van der Waals surface area contributed by atoms with Crippen LogP contribution in [0.15, 0.2) is 35.0 Å². The zero-order valence-electron chi connectivity index (χ0n) is 12.9. The van der Waals surface area contributed by atoms with Gasteiger partial charge < -0.3 is 4.74 Å². The maximum atomic E-state index is 12.4. The van der Waals surface area contributed by atoms with Gasteiger partial charge in [0.1, 0.15) is 6.10 Å². The van der Waals surface area contributed by atoms with Gasteiger partial charge in [-0.3, -0.25) is 4.90 Å². The van der Waals surface area contributed by atoms with Crippen molar-refractivity contribution in [2.75, 3.05) is 0 Å². The minimum Gasteiger partial charge on any atom is -0.446 e. The number of ether oxygens (including phenoxy) is 1. The van der Waals surface area contributed by atoms with Gasteiger partial charge in [-0.1, -0.05) is 31.9 Å². The molecular formula is C17H22NO2S2. The Morgan fingerprint density at radius 1 is 1.23 bits per heavy atom. The highest BCUT2D eigenvalue weighted by Gasteiger charge is 2.19. The minimum absolute atomic E-state index is 0.276. The highest BCUT2D eigenvalue weighted by Crippen LogP contribution is 2.18. The van der Waals surface area contributed by atoms with Crippen LogP contribution in [0, 0.1) is 6.92 Å². The van der Waals surface area contributed by atoms with Crippen molar-refractivity contribution in [2.24, 2.45) is 0 Å². The molecule has 0 N–H and O–H groups in total. The van der Waals surface area contributed by atoms with Crippen LogP contribution in [-0.4, -0.2) is 17.1 Å². The van der Waals surface area contributed by atoms with Gasteiger partial charge in [0, 0.05) is 9.75 Å². The molecule has 0 aliphatic rings. The molecule has 2 heterocycles. The average molecular weight is 337 g/mol. The normalized spacial score (nSPS) is 12.1. The quantitative estimate of drug-likeness (QED) is 0.651. The molecule has 0 spiro atoms. The first-order chi connectivity index (χ1) is 10.7. The van der Waals surface area contributed by atoms with Crippen molar-refractivity contribution >= 4 is 28.8 Å². The SMILES string of the molecule is [CH2][C@@H](CCCC)OC(=O)N(Cc1cccs1)Cc1cccs1. The monoisotopic (exact) mass is 336 g/mol. The van der Waals surface area contributed by atoms with E-state index in [2.05, 4.69) is 13.8 Å². The van der Waals surface area contributed by atoms with Crippen molar-refractivity contribution in [1.29, 1.82) is 0 Å². The summed E-state index contributed by atoms with van der Waals surface area (Å²) >= 11 is 3.30. The van der Waals surface area contributed by atoms with Crippen molar-refractivity contribution in [3.05, 3.63) is 51.7 Å². The van der Waals surface area contributed by atoms with E-state index in [1.54, 1.807) is 27.6 Å². The lowest BCUT2D eigenvalue weighted by molar-refractivity contribution is 0.0713. The van der Waals surface area contributed by atoms with Crippen molar-refractivity contribution in [3.63, 3.8) is 0 Å². The molecule has 0 aliphatic heterocycles. The number of thiophene rings is 2. The summed E-state index contributed by atoms with van der Waals surface area (Å²) in [7, 11) is 0. The van der Waals surface area contributed by atoms with Gasteiger partial charge in [0.2, 0.25) is 0 Å². The molecule has 119 valence electrons. The molecule has 0 saturated carbocycles. The molecule has 1 radical (unpaired) electrons. The van der Waals surface area contributed by atoms with E-state index in [1.165, 1.54) is 0 Å². The second-order valence-electron chi connectivity index (χ2n) is 5.16. The van der Waals surface area contributed by atoms with Crippen LogP contribution in [0.2, 0.25) is 0 Å². The van der Waals surface area contributed by atoms with Crippen LogP contribution in [0.4, 0.5) is 4.79 Å². The van der Waals surface area contributed by atoms with Crippen molar-refractivity contribution in [3.8, 4) is 0 Å². The van der Waals surface area contributed by atoms with E-state index in [0.29, 0.717) is 13.1 Å². The predicted octanol–water partition coefficient (Wildman–Crippen LogP) is 5.34. The van der Waals surface area contributed by atoms with Gasteiger partial charge in [-0.25, -0.2) is 4.79 Å². The molecule has 22 heavy (non-hydrogen) atoms. The highest BCUT2D eigenvalue weighted by atomic mass is 32.1. The summed E-state index contributed by atoms with van der Waals surface area (Å²) in [6.45, 7) is 7.20. The van der Waals surface area contributed by atoms with E-state index in [1.807, 2.05) is 35.0 Å². The molecule has 1 atom stereocenters. The van der Waals surface area contributed by atoms with Gasteiger partial charge in [-0.2, -0.15) is 0 Å². The lowest BCUT2D eigenvalue weighted by atomic mass is 10.2. The Labute approximate surface area is 140 Å². The zero-order valence-corrected chi connectivity index (χ0v) is 14.5. The number of carbonyl (C=O) groups excluding carboxylic acids is 1. The number of carbonyl (C=O) groups is 1. The Morgan fingerprint density at radius 2 is 1.82 bits per heavy atom. The summed E-state index contributed by atoms with van der Waals surface area (Å²) in [6, 6.07) is 8.08. The van der Waals surface area contributed by atoms with Gasteiger partial charge in [0.15, 0.2) is 0 Å². The number of hydrogen-bond donors (Lipinski definition) is 0. The fourth-order valence-electron chi connectivity index (χ4n) is 2.07. The van der Waals surface area contributed by atoms with Crippen LogP contribution in [0.25, 0.3) is 0 Å². The third kappa shape index (κ3) is 5.46. The van der Waals surface area contributed by atoms with Gasteiger partial charge >= 0.3 is 6.09 Å². The Balaban J connectivity index is 1.97. The van der Waals surface area contributed by atoms with Crippen LogP contribution >= 0.6 is 22.7 Å². The van der Waals surface area contributed by atoms with Gasteiger partial charge in [-0.15, -0.1) is 22.7 Å². The molecule has 0 aromatic carbocycles. The van der Waals surface area contributed by atoms with Gasteiger partial charge in [0.05, 0.1) is 13.1 Å². The number of nitrogens with zero attached hydrogens (tertiary/aromatic N) is 1. The predicted molar refractivity (Wildman–Crippen MR) is 93.0 cm³/mol. The molecule has 0 unspecified atom stereocenters. The lowest BCUT2D eigenvalue weighted by Crippen LogP contribution is -2.32. The fraction of sp³-hybridized carbons (Fsp3) is 0.412. The molecule has 0 bridgehead atoms. The third-order valence-corrected chi connectivity index (χ3v) is 4.98. The molecule has 0 fully saturated rings. The summed E-state index contributed by atoms with van der Waals surface area (Å²) < 4.78 is 5.50. The lowest BCUT2D eigenvalue weighted by Gasteiger charge is -2.23. The number of amides is 1. The van der Waals surface area contributed by atoms with Gasteiger partial charge in [-0.05, 0) is 36.2 Å². The number of unbranched alkanes of at least 4 members (excludes halogenated alkanes) is 1. The fourth-order valence-corrected chi connectivity index (χ4v) is 3.51. The first-order valence-corrected chi connectivity index (χ1v) is 9.28. The number of rotatable bonds is 8. The summed E-state index contributed by atoms with van der Waals surface area (Å²) in [6.07, 6.45) is 2.36. The summed E-state index contributed by atoms with van der Waals surface area (Å²) in [5.74, 6) is 0. The molecule has 1 amide bonds. The first-order valence-electron chi connectivity index (χ1n) is 7.52. The van der Waals surface area contributed by atoms with Crippen molar-refractivity contribution < 1.29 is 9.53 Å². The van der Waals surface area contributed by atoms with Crippen LogP contribution in [0.3, 0.4) is 0 Å². The van der Waals surface area contributed by atoms with E-state index in [-0.39, 0.29) is 12.2 Å². The Kier molecular flexibility index (Phi) is 6.93. The van der Waals surface area contributed by atoms with E-state index in [0.717, 1.165) is 29.0 Å². The zero-order chi connectivity index (χ0) is 15.8. The Bertz CT molecular complexity index is 501. The average Bonchev–Trinajstić information content (AvgIpc) is 3.18. The van der Waals surface area contributed by atoms with Crippen LogP contribution in [-0.2, 0) is 17.8 Å². The molecule has 5 heteroatoms. The second-order valence-corrected chi connectivity index (χ2v) is 7.23. The minimum atomic E-state index is -0.280. The standard InChI is InChI=1S/C17H22NO2S2/c1-3-4-7-14(2)20-17(19)18(12-15-8-5-10-21-15)13-16-9-6-11-22-16/h5-6,8-11,14H,2-4,7,12-13H2,1H3/t14-/m0/s1. The van der Waals surface area contributed by atoms with Crippen LogP contribution in [0.1, 0.15) is 35.9 Å². The topological polar surface area (TPSA) is 29.5 Å². The Hall–Kier alpha value is -1.33. The molecule has 3 nitrogen and oxygen atoms in total. The van der Waals surface area contributed by atoms with E-state index in [4.69, 9.17) is 4.74 Å². The van der Waals surface area contributed by atoms with E-state index in [9.17, 15) is 4.79 Å². The molecule has 0 aliphatic carbocycles. The van der Waals surface area contributed by atoms with E-state index >= 15 is 0 Å². The van der Waals surface area contributed by atoms with E-state index < -0.39 is 0 Å². The summed E-state index contributed by atoms with van der Waals surface area (Å²) in [5.41, 5.74) is 0. The molecule has 2 rings (SSSR count). The largest absolute Gasteiger partial charge is 0.446 e. The maximum Gasteiger partial charge on any atom is 0.410 e. The summed E-state index contributed by atoms with van der Waals surface area (Å²) in [5, 5.41) is 4.05. The molecular weight excluding hydrogens is 314 g/mol. The molecule has 0 saturated heterocycles. The molecule has 2 aromatic heterocycles. The smallest absolute Gasteiger partial charge is 0.410 e. The summed E-state index contributed by atoms with van der Waals surface area (Å²) in [4.78, 5) is 16.5. The second kappa shape index (κ2) is 8.96. The number of hydrogen-bond acceptors (Lipinski definition) is 4. The van der Waals surface area contributed by atoms with Crippen LogP contribution in [0.5, 0.6) is 0 Å². The van der Waals surface area contributed by atoms with Gasteiger partial charge in [0.25, 0.3) is 0 Å². The molecule has 2 aromatic rings. The van der Waals surface area contributed by atoms with Crippen molar-refractivity contribution in [1.82, 2.24) is 4.90 Å². The first kappa shape index (κ1) is 17.0. The highest BCUT2D eigenvalue weighted by molar-refractivity contribution is 7.10. The third-order valence-electron chi connectivity index (χ3n) is 3.26. The van der Waals surface area contributed by atoms with Crippen LogP contribution < -0.4 is 0 Å². The van der Waals surface area contributed by atoms with Crippen molar-refractivity contribution in [2.45, 2.75) is 45.4 Å². The maximum absolute atomic E-state index is 12.4.